The van der Waals surface area contributed by atoms with Gasteiger partial charge in [-0.1, -0.05) is 13.8 Å². The lowest BCUT2D eigenvalue weighted by Crippen LogP contribution is -2.62. The quantitative estimate of drug-likeness (QED) is 0.130. The second-order valence-corrected chi connectivity index (χ2v) is 10.9. The maximum absolute atomic E-state index is 10.5. The van der Waals surface area contributed by atoms with Crippen molar-refractivity contribution in [2.75, 3.05) is 49.4 Å². The number of rotatable bonds is 16. The maximum atomic E-state index is 10.5. The van der Waals surface area contributed by atoms with E-state index in [0.717, 1.165) is 24.3 Å². The molecule has 13 heteroatoms. The number of ether oxygens (including phenoxy) is 5. The minimum absolute atomic E-state index is 0.279. The lowest BCUT2D eigenvalue weighted by Gasteiger charge is -2.43. The number of hydrogen-bond acceptors (Lipinski definition) is 13. The fourth-order valence-electron chi connectivity index (χ4n) is 3.78. The molecule has 0 saturated carbocycles. The van der Waals surface area contributed by atoms with E-state index in [1.54, 1.807) is 23.5 Å². The van der Waals surface area contributed by atoms with E-state index in [0.29, 0.717) is 11.5 Å². The van der Waals surface area contributed by atoms with Crippen LogP contribution in [0.15, 0.2) is 0 Å². The molecule has 11 nitrogen and oxygen atoms in total. The first-order valence-corrected chi connectivity index (χ1v) is 14.5. The van der Waals surface area contributed by atoms with E-state index in [2.05, 4.69) is 13.8 Å². The molecule has 2 rings (SSSR count). The Labute approximate surface area is 215 Å². The van der Waals surface area contributed by atoms with Gasteiger partial charge in [0.15, 0.2) is 12.6 Å². The van der Waals surface area contributed by atoms with Gasteiger partial charge in [-0.2, -0.15) is 23.5 Å². The van der Waals surface area contributed by atoms with Gasteiger partial charge in [-0.15, -0.1) is 0 Å². The molecule has 2 aliphatic heterocycles. The minimum atomic E-state index is -1.48. The van der Waals surface area contributed by atoms with E-state index in [-0.39, 0.29) is 19.8 Å². The number of thioether (sulfide) groups is 2. The average molecular weight is 547 g/mol. The zero-order valence-electron chi connectivity index (χ0n) is 20.4. The fourth-order valence-corrected chi connectivity index (χ4v) is 5.19. The average Bonchev–Trinajstić information content (AvgIpc) is 2.85. The summed E-state index contributed by atoms with van der Waals surface area (Å²) in [5, 5.41) is 61.5. The summed E-state index contributed by atoms with van der Waals surface area (Å²) in [6.07, 6.45) is -10.6. The Morgan fingerprint density at radius 1 is 0.657 bits per heavy atom. The standard InChI is InChI=1S/C22H42O11S2/c1-3-7-34-9-5-29-19-17(26)16(25)14(32-21(19)28)12-31-22-20(30-6-10-35-8-4-2)18(27)15(24)13(11-23)33-22/h13-28H,3-12H2,1-2H3/t13-,14-,15-,16-,17+,18+,19-,20-,21+,22+/m1/s1. The number of hydrogen-bond donors (Lipinski definition) is 6. The molecule has 10 atom stereocenters. The van der Waals surface area contributed by atoms with Crippen molar-refractivity contribution in [1.29, 1.82) is 0 Å². The first-order chi connectivity index (χ1) is 16.8. The van der Waals surface area contributed by atoms with Gasteiger partial charge in [-0.05, 0) is 24.3 Å². The number of aliphatic hydroxyl groups is 6. The van der Waals surface area contributed by atoms with E-state index in [9.17, 15) is 30.6 Å². The summed E-state index contributed by atoms with van der Waals surface area (Å²) < 4.78 is 28.0. The third kappa shape index (κ3) is 9.50. The second-order valence-electron chi connectivity index (χ2n) is 8.48. The largest absolute Gasteiger partial charge is 0.394 e. The highest BCUT2D eigenvalue weighted by Crippen LogP contribution is 2.27. The molecule has 0 aromatic heterocycles. The van der Waals surface area contributed by atoms with E-state index in [4.69, 9.17) is 23.7 Å². The van der Waals surface area contributed by atoms with Gasteiger partial charge in [0.2, 0.25) is 0 Å². The molecule has 0 unspecified atom stereocenters. The van der Waals surface area contributed by atoms with Crippen molar-refractivity contribution in [3.05, 3.63) is 0 Å². The Morgan fingerprint density at radius 2 is 1.20 bits per heavy atom. The summed E-state index contributed by atoms with van der Waals surface area (Å²) >= 11 is 3.37. The molecule has 2 aliphatic rings. The van der Waals surface area contributed by atoms with Crippen LogP contribution in [0.1, 0.15) is 26.7 Å². The van der Waals surface area contributed by atoms with Crippen molar-refractivity contribution in [3.8, 4) is 0 Å². The van der Waals surface area contributed by atoms with E-state index in [1.165, 1.54) is 0 Å². The van der Waals surface area contributed by atoms with Crippen molar-refractivity contribution in [2.45, 2.75) is 88.1 Å². The molecule has 208 valence electrons. The SMILES string of the molecule is CCCSCCO[C@@H]1[C@@H](O)[C@H](O)[C@@H](CO[C@H]2O[C@H](CO)[C@@H](O)[C@H](O)[C@H]2OCCSCCC)O[C@@H]1O. The number of aliphatic hydroxyl groups excluding tert-OH is 6. The molecule has 2 fully saturated rings. The van der Waals surface area contributed by atoms with Crippen LogP contribution in [0.2, 0.25) is 0 Å². The molecule has 0 aromatic rings. The van der Waals surface area contributed by atoms with Crippen LogP contribution >= 0.6 is 23.5 Å². The summed E-state index contributed by atoms with van der Waals surface area (Å²) in [5.74, 6) is 3.30. The molecule has 0 aliphatic carbocycles. The molecular weight excluding hydrogens is 504 g/mol. The third-order valence-corrected chi connectivity index (χ3v) is 7.99. The highest BCUT2D eigenvalue weighted by molar-refractivity contribution is 7.99. The molecule has 2 heterocycles. The van der Waals surface area contributed by atoms with Crippen LogP contribution < -0.4 is 0 Å². The smallest absolute Gasteiger partial charge is 0.187 e. The van der Waals surface area contributed by atoms with Gasteiger partial charge >= 0.3 is 0 Å². The maximum Gasteiger partial charge on any atom is 0.187 e. The molecule has 0 radical (unpaired) electrons. The van der Waals surface area contributed by atoms with Crippen molar-refractivity contribution in [2.24, 2.45) is 0 Å². The second kappa shape index (κ2) is 17.0. The van der Waals surface area contributed by atoms with Crippen molar-refractivity contribution >= 4 is 23.5 Å². The molecular formula is C22H42O11S2. The lowest BCUT2D eigenvalue weighted by molar-refractivity contribution is -0.332. The van der Waals surface area contributed by atoms with Gasteiger partial charge in [-0.25, -0.2) is 0 Å². The van der Waals surface area contributed by atoms with E-state index in [1.807, 2.05) is 0 Å². The van der Waals surface area contributed by atoms with E-state index >= 15 is 0 Å². The molecule has 0 bridgehead atoms. The summed E-state index contributed by atoms with van der Waals surface area (Å²) in [5.41, 5.74) is 0. The van der Waals surface area contributed by atoms with Gasteiger partial charge in [0.05, 0.1) is 26.4 Å². The summed E-state index contributed by atoms with van der Waals surface area (Å²) in [6, 6.07) is 0. The topological polar surface area (TPSA) is 168 Å². The first-order valence-electron chi connectivity index (χ1n) is 12.2. The van der Waals surface area contributed by atoms with Gasteiger partial charge in [0.25, 0.3) is 0 Å². The monoisotopic (exact) mass is 546 g/mol. The summed E-state index contributed by atoms with van der Waals surface area (Å²) in [7, 11) is 0. The molecule has 0 spiro atoms. The van der Waals surface area contributed by atoms with Crippen LogP contribution in [0.4, 0.5) is 0 Å². The predicted octanol–water partition coefficient (Wildman–Crippen LogP) is -1.06. The Kier molecular flexibility index (Phi) is 15.3. The van der Waals surface area contributed by atoms with Crippen LogP contribution in [-0.4, -0.2) is 141 Å². The summed E-state index contributed by atoms with van der Waals surface area (Å²) in [4.78, 5) is 0. The Bertz CT molecular complexity index is 563. The Balaban J connectivity index is 1.91. The molecule has 35 heavy (non-hydrogen) atoms. The van der Waals surface area contributed by atoms with Crippen LogP contribution in [0.3, 0.4) is 0 Å². The van der Waals surface area contributed by atoms with Crippen LogP contribution in [0, 0.1) is 0 Å². The zero-order chi connectivity index (χ0) is 25.8. The molecule has 0 aromatic carbocycles. The van der Waals surface area contributed by atoms with Gasteiger partial charge in [-0.3, -0.25) is 0 Å². The van der Waals surface area contributed by atoms with E-state index < -0.39 is 68.0 Å². The predicted molar refractivity (Wildman–Crippen MR) is 131 cm³/mol. The van der Waals surface area contributed by atoms with Crippen molar-refractivity contribution in [3.63, 3.8) is 0 Å². The Morgan fingerprint density at radius 3 is 1.77 bits per heavy atom. The summed E-state index contributed by atoms with van der Waals surface area (Å²) in [6.45, 7) is 3.84. The van der Waals surface area contributed by atoms with Crippen LogP contribution in [0.5, 0.6) is 0 Å². The van der Waals surface area contributed by atoms with Crippen LogP contribution in [0.25, 0.3) is 0 Å². The van der Waals surface area contributed by atoms with Crippen molar-refractivity contribution < 1.29 is 54.3 Å². The fraction of sp³-hybridized carbons (Fsp3) is 1.00. The lowest BCUT2D eigenvalue weighted by atomic mass is 9.98. The highest BCUT2D eigenvalue weighted by atomic mass is 32.2. The molecule has 6 N–H and O–H groups in total. The van der Waals surface area contributed by atoms with Crippen molar-refractivity contribution in [1.82, 2.24) is 0 Å². The molecule has 2 saturated heterocycles. The van der Waals surface area contributed by atoms with Gasteiger partial charge < -0.3 is 54.3 Å². The van der Waals surface area contributed by atoms with Crippen LogP contribution in [-0.2, 0) is 23.7 Å². The Hall–Kier alpha value is 0.260. The molecule has 0 amide bonds. The third-order valence-electron chi connectivity index (χ3n) is 5.68. The highest BCUT2D eigenvalue weighted by Gasteiger charge is 2.48. The van der Waals surface area contributed by atoms with Gasteiger partial charge in [0, 0.05) is 11.5 Å². The normalized spacial score (nSPS) is 38.1. The van der Waals surface area contributed by atoms with Gasteiger partial charge in [0.1, 0.15) is 48.8 Å². The zero-order valence-corrected chi connectivity index (χ0v) is 22.0. The first kappa shape index (κ1) is 31.5. The minimum Gasteiger partial charge on any atom is -0.394 e.